The Balaban J connectivity index is 4.24. The van der Waals surface area contributed by atoms with E-state index >= 15 is 0 Å². The van der Waals surface area contributed by atoms with Gasteiger partial charge in [-0.15, -0.1) is 6.58 Å². The molecule has 0 fully saturated rings. The third kappa shape index (κ3) is 8.03. The van der Waals surface area contributed by atoms with Crippen molar-refractivity contribution in [3.63, 3.8) is 0 Å². The van der Waals surface area contributed by atoms with Crippen LogP contribution in [0.4, 0.5) is 0 Å². The summed E-state index contributed by atoms with van der Waals surface area (Å²) in [6, 6.07) is 0. The van der Waals surface area contributed by atoms with Crippen LogP contribution in [0.1, 0.15) is 20.8 Å². The fourth-order valence-corrected chi connectivity index (χ4v) is 5.79. The van der Waals surface area contributed by atoms with Gasteiger partial charge in [0.05, 0.1) is 19.0 Å². The SMILES string of the molecule is C=CCN=CNP(=S)(OC(C)C)SCC. The molecule has 1 N–H and O–H groups in total. The fourth-order valence-electron chi connectivity index (χ4n) is 0.784. The lowest BCUT2D eigenvalue weighted by Gasteiger charge is -2.22. The van der Waals surface area contributed by atoms with Crippen molar-refractivity contribution in [3.05, 3.63) is 12.7 Å². The standard InChI is InChI=1S/C9H19N2OPS2/c1-5-7-10-8-11-13(14,15-6-2)12-9(3)4/h5,8-9H,1,6-7H2,2-4H3,(H,10,11,14). The molecule has 0 amide bonds. The molecule has 6 heteroatoms. The number of aliphatic imine (C=N–C) groups is 1. The van der Waals surface area contributed by atoms with Gasteiger partial charge >= 0.3 is 0 Å². The molecule has 0 aliphatic carbocycles. The zero-order valence-corrected chi connectivity index (χ0v) is 12.0. The summed E-state index contributed by atoms with van der Waals surface area (Å²) in [4.78, 5) is 4.08. The minimum absolute atomic E-state index is 0.134. The Kier molecular flexibility index (Phi) is 8.43. The zero-order valence-electron chi connectivity index (χ0n) is 9.47. The quantitative estimate of drug-likeness (QED) is 0.316. The van der Waals surface area contributed by atoms with E-state index in [9.17, 15) is 0 Å². The van der Waals surface area contributed by atoms with E-state index in [0.29, 0.717) is 6.54 Å². The highest BCUT2D eigenvalue weighted by molar-refractivity contribution is 8.68. The molecule has 1 unspecified atom stereocenters. The fraction of sp³-hybridized carbons (Fsp3) is 0.667. The molecule has 0 radical (unpaired) electrons. The summed E-state index contributed by atoms with van der Waals surface area (Å²) in [5, 5.41) is 3.09. The summed E-state index contributed by atoms with van der Waals surface area (Å²) in [5.74, 6) is 0.937. The molecule has 0 aromatic heterocycles. The van der Waals surface area contributed by atoms with Gasteiger partial charge in [-0.3, -0.25) is 4.99 Å². The van der Waals surface area contributed by atoms with Crippen molar-refractivity contribution < 1.29 is 4.52 Å². The summed E-state index contributed by atoms with van der Waals surface area (Å²) in [6.45, 7) is 10.2. The van der Waals surface area contributed by atoms with Crippen molar-refractivity contribution in [2.45, 2.75) is 26.9 Å². The van der Waals surface area contributed by atoms with Crippen LogP contribution >= 0.6 is 17.0 Å². The van der Waals surface area contributed by atoms with E-state index in [2.05, 4.69) is 23.6 Å². The maximum atomic E-state index is 5.72. The van der Waals surface area contributed by atoms with E-state index < -0.39 is 5.62 Å². The molecule has 0 spiro atoms. The largest absolute Gasteiger partial charge is 0.324 e. The summed E-state index contributed by atoms with van der Waals surface area (Å²) >= 11 is 7.09. The molecule has 0 heterocycles. The Morgan fingerprint density at radius 3 is 2.80 bits per heavy atom. The Hall–Kier alpha value is 0.170. The van der Waals surface area contributed by atoms with Gasteiger partial charge in [0.25, 0.3) is 0 Å². The van der Waals surface area contributed by atoms with Crippen molar-refractivity contribution in [1.29, 1.82) is 0 Å². The summed E-state index contributed by atoms with van der Waals surface area (Å²) in [6.07, 6.45) is 3.50. The topological polar surface area (TPSA) is 33.6 Å². The van der Waals surface area contributed by atoms with Gasteiger partial charge in [0.1, 0.15) is 0 Å². The van der Waals surface area contributed by atoms with Crippen molar-refractivity contribution in [2.24, 2.45) is 4.99 Å². The summed E-state index contributed by atoms with van der Waals surface area (Å²) in [7, 11) is 0. The highest BCUT2D eigenvalue weighted by atomic mass is 32.9. The molecule has 15 heavy (non-hydrogen) atoms. The van der Waals surface area contributed by atoms with Crippen LogP contribution in [0.2, 0.25) is 0 Å². The monoisotopic (exact) mass is 266 g/mol. The lowest BCUT2D eigenvalue weighted by Crippen LogP contribution is -2.12. The minimum Gasteiger partial charge on any atom is -0.324 e. The van der Waals surface area contributed by atoms with Gasteiger partial charge in [-0.05, 0) is 31.4 Å². The molecule has 0 saturated carbocycles. The average Bonchev–Trinajstić information content (AvgIpc) is 2.11. The molecule has 0 aromatic carbocycles. The van der Waals surface area contributed by atoms with Gasteiger partial charge in [0.15, 0.2) is 0 Å². The third-order valence-electron chi connectivity index (χ3n) is 1.19. The second-order valence-electron chi connectivity index (χ2n) is 2.98. The van der Waals surface area contributed by atoms with Crippen LogP contribution in [0, 0.1) is 0 Å². The first-order valence-electron chi connectivity index (χ1n) is 4.84. The first-order chi connectivity index (χ1) is 7.04. The van der Waals surface area contributed by atoms with E-state index in [4.69, 9.17) is 16.3 Å². The van der Waals surface area contributed by atoms with Gasteiger partial charge in [0, 0.05) is 0 Å². The van der Waals surface area contributed by atoms with Gasteiger partial charge < -0.3 is 9.61 Å². The summed E-state index contributed by atoms with van der Waals surface area (Å²) < 4.78 is 5.72. The first-order valence-corrected chi connectivity index (χ1v) is 9.15. The predicted molar refractivity (Wildman–Crippen MR) is 75.3 cm³/mol. The van der Waals surface area contributed by atoms with E-state index in [1.807, 2.05) is 13.8 Å². The first kappa shape index (κ1) is 15.2. The van der Waals surface area contributed by atoms with Crippen LogP contribution < -0.4 is 5.09 Å². The molecule has 0 aliphatic heterocycles. The number of nitrogens with zero attached hydrogens (tertiary/aromatic N) is 1. The Morgan fingerprint density at radius 2 is 2.33 bits per heavy atom. The van der Waals surface area contributed by atoms with Crippen molar-refractivity contribution in [1.82, 2.24) is 5.09 Å². The number of hydrogen-bond acceptors (Lipinski definition) is 4. The lowest BCUT2D eigenvalue weighted by molar-refractivity contribution is 0.274. The molecule has 1 atom stereocenters. The molecule has 0 aliphatic rings. The van der Waals surface area contributed by atoms with Gasteiger partial charge in [-0.2, -0.15) is 0 Å². The van der Waals surface area contributed by atoms with Gasteiger partial charge in [0.2, 0.25) is 5.62 Å². The zero-order chi connectivity index (χ0) is 11.7. The van der Waals surface area contributed by atoms with E-state index in [1.54, 1.807) is 23.8 Å². The number of nitrogens with one attached hydrogen (secondary N) is 1. The van der Waals surface area contributed by atoms with E-state index in [0.717, 1.165) is 5.75 Å². The molecule has 0 aromatic rings. The smallest absolute Gasteiger partial charge is 0.211 e. The van der Waals surface area contributed by atoms with Crippen molar-refractivity contribution in [2.75, 3.05) is 12.3 Å². The highest BCUT2D eigenvalue weighted by Crippen LogP contribution is 2.56. The molecule has 0 saturated heterocycles. The maximum Gasteiger partial charge on any atom is 0.211 e. The second kappa shape index (κ2) is 8.34. The normalized spacial score (nSPS) is 15.5. The number of hydrogen-bond donors (Lipinski definition) is 1. The molecule has 88 valence electrons. The molecular weight excluding hydrogens is 247 g/mol. The Labute approximate surface area is 102 Å². The molecule has 3 nitrogen and oxygen atoms in total. The minimum atomic E-state index is -2.00. The Bertz CT molecular complexity index is 256. The molecular formula is C9H19N2OPS2. The highest BCUT2D eigenvalue weighted by Gasteiger charge is 2.17. The van der Waals surface area contributed by atoms with Crippen LogP contribution in [0.3, 0.4) is 0 Å². The van der Waals surface area contributed by atoms with Crippen LogP contribution in [0.25, 0.3) is 0 Å². The van der Waals surface area contributed by atoms with Crippen LogP contribution in [0.5, 0.6) is 0 Å². The van der Waals surface area contributed by atoms with E-state index in [-0.39, 0.29) is 6.10 Å². The van der Waals surface area contributed by atoms with Crippen LogP contribution in [0.15, 0.2) is 17.6 Å². The average molecular weight is 266 g/mol. The van der Waals surface area contributed by atoms with Crippen LogP contribution in [-0.4, -0.2) is 24.7 Å². The summed E-state index contributed by atoms with van der Waals surface area (Å²) in [5.41, 5.74) is -2.00. The number of rotatable bonds is 8. The van der Waals surface area contributed by atoms with E-state index in [1.165, 1.54) is 0 Å². The van der Waals surface area contributed by atoms with Crippen molar-refractivity contribution >= 4 is 35.1 Å². The third-order valence-corrected chi connectivity index (χ3v) is 6.81. The lowest BCUT2D eigenvalue weighted by atomic mass is 10.5. The second-order valence-corrected chi connectivity index (χ2v) is 9.83. The maximum absolute atomic E-state index is 5.72. The van der Waals surface area contributed by atoms with Crippen LogP contribution in [-0.2, 0) is 16.3 Å². The predicted octanol–water partition coefficient (Wildman–Crippen LogP) is 3.19. The molecule has 0 bridgehead atoms. The van der Waals surface area contributed by atoms with Crippen molar-refractivity contribution in [3.8, 4) is 0 Å². The molecule has 0 rings (SSSR count). The van der Waals surface area contributed by atoms with Gasteiger partial charge in [-0.25, -0.2) is 0 Å². The van der Waals surface area contributed by atoms with Gasteiger partial charge in [-0.1, -0.05) is 24.4 Å². The Morgan fingerprint density at radius 1 is 1.67 bits per heavy atom.